The van der Waals surface area contributed by atoms with Crippen LogP contribution in [-0.4, -0.2) is 29.6 Å². The molecule has 1 aliphatic carbocycles. The largest absolute Gasteiger partial charge is 0.497 e. The molecule has 0 heterocycles. The summed E-state index contributed by atoms with van der Waals surface area (Å²) >= 11 is 0. The summed E-state index contributed by atoms with van der Waals surface area (Å²) in [6.07, 6.45) is 3.22. The minimum Gasteiger partial charge on any atom is -0.497 e. The summed E-state index contributed by atoms with van der Waals surface area (Å²) in [5.74, 6) is -0.251. The second kappa shape index (κ2) is 7.69. The Labute approximate surface area is 143 Å². The molecule has 24 heavy (non-hydrogen) atoms. The zero-order chi connectivity index (χ0) is 17.7. The van der Waals surface area contributed by atoms with E-state index in [4.69, 9.17) is 9.84 Å². The number of ether oxygens (including phenoxy) is 1. The van der Waals surface area contributed by atoms with Gasteiger partial charge in [0.05, 0.1) is 13.0 Å². The Bertz CT molecular complexity index is 572. The number of carboxylic acid groups (broad SMARTS) is 1. The zero-order valence-electron chi connectivity index (χ0n) is 14.7. The third kappa shape index (κ3) is 4.98. The molecule has 0 aromatic heterocycles. The maximum Gasteiger partial charge on any atom is 0.306 e. The maximum absolute atomic E-state index is 12.5. The van der Waals surface area contributed by atoms with Gasteiger partial charge in [-0.05, 0) is 63.6 Å². The highest BCUT2D eigenvalue weighted by Crippen LogP contribution is 2.29. The molecule has 0 atom stereocenters. The highest BCUT2D eigenvalue weighted by Gasteiger charge is 2.32. The molecule has 1 fully saturated rings. The molecular weight excluding hydrogens is 306 g/mol. The molecule has 5 nitrogen and oxygen atoms in total. The third-order valence-electron chi connectivity index (χ3n) is 4.71. The van der Waals surface area contributed by atoms with Crippen molar-refractivity contribution in [3.8, 4) is 5.75 Å². The van der Waals surface area contributed by atoms with Crippen LogP contribution < -0.4 is 10.1 Å². The number of nitrogens with one attached hydrogen (secondary N) is 1. The molecule has 0 bridgehead atoms. The Morgan fingerprint density at radius 3 is 2.17 bits per heavy atom. The summed E-state index contributed by atoms with van der Waals surface area (Å²) in [7, 11) is 1.64. The van der Waals surface area contributed by atoms with E-state index in [1.54, 1.807) is 7.11 Å². The smallest absolute Gasteiger partial charge is 0.306 e. The molecule has 1 amide bonds. The molecule has 2 rings (SSSR count). The monoisotopic (exact) mass is 333 g/mol. The molecule has 5 heteroatoms. The van der Waals surface area contributed by atoms with Crippen molar-refractivity contribution in [2.45, 2.75) is 51.5 Å². The number of aliphatic carboxylic acids is 1. The van der Waals surface area contributed by atoms with Crippen LogP contribution in [0, 0.1) is 11.8 Å². The van der Waals surface area contributed by atoms with E-state index in [1.165, 1.54) is 0 Å². The average molecular weight is 333 g/mol. The van der Waals surface area contributed by atoms with Crippen LogP contribution in [-0.2, 0) is 16.0 Å². The van der Waals surface area contributed by atoms with Crippen LogP contribution in [0.4, 0.5) is 0 Å². The van der Waals surface area contributed by atoms with Gasteiger partial charge in [-0.3, -0.25) is 9.59 Å². The van der Waals surface area contributed by atoms with Gasteiger partial charge in [0, 0.05) is 11.5 Å². The van der Waals surface area contributed by atoms with Crippen LogP contribution in [0.1, 0.15) is 45.1 Å². The first-order valence-electron chi connectivity index (χ1n) is 8.48. The molecule has 0 aliphatic heterocycles. The van der Waals surface area contributed by atoms with Crippen LogP contribution >= 0.6 is 0 Å². The first kappa shape index (κ1) is 18.3. The Balaban J connectivity index is 1.88. The summed E-state index contributed by atoms with van der Waals surface area (Å²) in [6, 6.07) is 7.84. The number of methoxy groups -OCH3 is 1. The molecule has 0 unspecified atom stereocenters. The topological polar surface area (TPSA) is 75.6 Å². The predicted molar refractivity (Wildman–Crippen MR) is 92.0 cm³/mol. The number of carbonyl (C=O) groups is 2. The SMILES string of the molecule is COc1ccc(CC(C)(C)NC(=O)C2CCC(C(=O)O)CC2)cc1. The van der Waals surface area contributed by atoms with Crippen molar-refractivity contribution in [3.63, 3.8) is 0 Å². The van der Waals surface area contributed by atoms with Crippen LogP contribution in [0.5, 0.6) is 5.75 Å². The quantitative estimate of drug-likeness (QED) is 0.839. The van der Waals surface area contributed by atoms with E-state index >= 15 is 0 Å². The zero-order valence-corrected chi connectivity index (χ0v) is 14.7. The number of benzene rings is 1. The van der Waals surface area contributed by atoms with Crippen molar-refractivity contribution in [2.24, 2.45) is 11.8 Å². The summed E-state index contributed by atoms with van der Waals surface area (Å²) in [4.78, 5) is 23.5. The molecule has 132 valence electrons. The van der Waals surface area contributed by atoms with Crippen LogP contribution in [0.2, 0.25) is 0 Å². The lowest BCUT2D eigenvalue weighted by atomic mass is 9.81. The van der Waals surface area contributed by atoms with E-state index in [1.807, 2.05) is 38.1 Å². The highest BCUT2D eigenvalue weighted by molar-refractivity contribution is 5.80. The Hall–Kier alpha value is -2.04. The van der Waals surface area contributed by atoms with Gasteiger partial charge in [0.25, 0.3) is 0 Å². The minimum atomic E-state index is -0.742. The number of amides is 1. The molecule has 0 saturated heterocycles. The Morgan fingerprint density at radius 1 is 1.12 bits per heavy atom. The number of hydrogen-bond donors (Lipinski definition) is 2. The van der Waals surface area contributed by atoms with Gasteiger partial charge in [0.2, 0.25) is 5.91 Å². The van der Waals surface area contributed by atoms with Gasteiger partial charge in [-0.15, -0.1) is 0 Å². The Kier molecular flexibility index (Phi) is 5.86. The van der Waals surface area contributed by atoms with Gasteiger partial charge in [0.1, 0.15) is 5.75 Å². The summed E-state index contributed by atoms with van der Waals surface area (Å²) < 4.78 is 5.16. The number of rotatable bonds is 6. The predicted octanol–water partition coefficient (Wildman–Crippen LogP) is 3.02. The van der Waals surface area contributed by atoms with Crippen LogP contribution in [0.25, 0.3) is 0 Å². The molecule has 2 N–H and O–H groups in total. The van der Waals surface area contributed by atoms with E-state index in [-0.39, 0.29) is 23.3 Å². The van der Waals surface area contributed by atoms with Crippen molar-refractivity contribution in [3.05, 3.63) is 29.8 Å². The fourth-order valence-electron chi connectivity index (χ4n) is 3.34. The van der Waals surface area contributed by atoms with Crippen molar-refractivity contribution < 1.29 is 19.4 Å². The van der Waals surface area contributed by atoms with Crippen molar-refractivity contribution >= 4 is 11.9 Å². The van der Waals surface area contributed by atoms with Gasteiger partial charge >= 0.3 is 5.97 Å². The van der Waals surface area contributed by atoms with Gasteiger partial charge in [-0.1, -0.05) is 12.1 Å². The third-order valence-corrected chi connectivity index (χ3v) is 4.71. The van der Waals surface area contributed by atoms with Gasteiger partial charge in [0.15, 0.2) is 0 Å². The van der Waals surface area contributed by atoms with Crippen LogP contribution in [0.15, 0.2) is 24.3 Å². The lowest BCUT2D eigenvalue weighted by Gasteiger charge is -2.31. The standard InChI is InChI=1S/C19H27NO4/c1-19(2,12-13-4-10-16(24-3)11-5-13)20-17(21)14-6-8-15(9-7-14)18(22)23/h4-5,10-11,14-15H,6-9,12H2,1-3H3,(H,20,21)(H,22,23). The second-order valence-electron chi connectivity index (χ2n) is 7.28. The molecule has 1 saturated carbocycles. The molecule has 1 aromatic rings. The normalized spacial score (nSPS) is 21.1. The summed E-state index contributed by atoms with van der Waals surface area (Å²) in [5.41, 5.74) is 0.783. The molecule has 1 aliphatic rings. The summed E-state index contributed by atoms with van der Waals surface area (Å²) in [5, 5.41) is 12.2. The van der Waals surface area contributed by atoms with Gasteiger partial charge in [-0.2, -0.15) is 0 Å². The molecule has 1 aromatic carbocycles. The second-order valence-corrected chi connectivity index (χ2v) is 7.28. The van der Waals surface area contributed by atoms with E-state index in [9.17, 15) is 9.59 Å². The lowest BCUT2D eigenvalue weighted by Crippen LogP contribution is -2.48. The minimum absolute atomic E-state index is 0.0392. The van der Waals surface area contributed by atoms with Crippen molar-refractivity contribution in [2.75, 3.05) is 7.11 Å². The Morgan fingerprint density at radius 2 is 1.67 bits per heavy atom. The van der Waals surface area contributed by atoms with E-state index in [2.05, 4.69) is 5.32 Å². The lowest BCUT2D eigenvalue weighted by molar-refractivity contribution is -0.144. The van der Waals surface area contributed by atoms with E-state index < -0.39 is 5.97 Å². The fourth-order valence-corrected chi connectivity index (χ4v) is 3.34. The van der Waals surface area contributed by atoms with E-state index in [0.29, 0.717) is 25.7 Å². The highest BCUT2D eigenvalue weighted by atomic mass is 16.5. The molecule has 0 spiro atoms. The van der Waals surface area contributed by atoms with Gasteiger partial charge in [-0.25, -0.2) is 0 Å². The van der Waals surface area contributed by atoms with Crippen molar-refractivity contribution in [1.82, 2.24) is 5.32 Å². The first-order valence-corrected chi connectivity index (χ1v) is 8.48. The molecular formula is C19H27NO4. The maximum atomic E-state index is 12.5. The number of carbonyl (C=O) groups excluding carboxylic acids is 1. The molecule has 0 radical (unpaired) electrons. The van der Waals surface area contributed by atoms with E-state index in [0.717, 1.165) is 17.7 Å². The van der Waals surface area contributed by atoms with Gasteiger partial charge < -0.3 is 15.2 Å². The van der Waals surface area contributed by atoms with Crippen molar-refractivity contribution in [1.29, 1.82) is 0 Å². The first-order chi connectivity index (χ1) is 11.3. The fraction of sp³-hybridized carbons (Fsp3) is 0.579. The number of hydrogen-bond acceptors (Lipinski definition) is 3. The van der Waals surface area contributed by atoms with Crippen LogP contribution in [0.3, 0.4) is 0 Å². The average Bonchev–Trinajstić information content (AvgIpc) is 2.54. The number of carboxylic acids is 1. The summed E-state index contributed by atoms with van der Waals surface area (Å²) in [6.45, 7) is 4.02.